The van der Waals surface area contributed by atoms with Crippen molar-refractivity contribution in [1.82, 2.24) is 24.6 Å². The maximum atomic E-state index is 12.5. The van der Waals surface area contributed by atoms with Crippen LogP contribution in [0, 0.1) is 0 Å². The van der Waals surface area contributed by atoms with Crippen LogP contribution in [0.5, 0.6) is 5.75 Å². The Hall–Kier alpha value is -2.83. The van der Waals surface area contributed by atoms with Gasteiger partial charge in [-0.15, -0.1) is 0 Å². The van der Waals surface area contributed by atoms with E-state index >= 15 is 0 Å². The Morgan fingerprint density at radius 3 is 2.76 bits per heavy atom. The van der Waals surface area contributed by atoms with Crippen LogP contribution in [0.4, 0.5) is 24.7 Å². The molecule has 3 aromatic rings. The van der Waals surface area contributed by atoms with E-state index in [-0.39, 0.29) is 18.2 Å². The van der Waals surface area contributed by atoms with Crippen molar-refractivity contribution in [3.05, 3.63) is 30.7 Å². The predicted octanol–water partition coefficient (Wildman–Crippen LogP) is 4.07. The fraction of sp³-hybridized carbons (Fsp3) is 0.600. The monoisotopic (exact) mass is 522 g/mol. The van der Waals surface area contributed by atoms with Gasteiger partial charge >= 0.3 is 6.18 Å². The first kappa shape index (κ1) is 25.8. The minimum atomic E-state index is -4.61. The van der Waals surface area contributed by atoms with E-state index in [0.717, 1.165) is 36.2 Å². The van der Waals surface area contributed by atoms with Crippen molar-refractivity contribution in [1.29, 1.82) is 0 Å². The van der Waals surface area contributed by atoms with Gasteiger partial charge in [-0.2, -0.15) is 18.3 Å². The van der Waals surface area contributed by atoms with Gasteiger partial charge in [-0.25, -0.2) is 4.98 Å². The van der Waals surface area contributed by atoms with E-state index in [4.69, 9.17) is 14.6 Å². The number of aliphatic hydroxyl groups excluding tert-OH is 1. The fourth-order valence-corrected chi connectivity index (χ4v) is 5.02. The highest BCUT2D eigenvalue weighted by molar-refractivity contribution is 5.91. The summed E-state index contributed by atoms with van der Waals surface area (Å²) in [6.45, 7) is 0.970. The Bertz CT molecular complexity index is 1180. The Labute approximate surface area is 212 Å². The van der Waals surface area contributed by atoms with Gasteiger partial charge in [-0.3, -0.25) is 4.68 Å². The summed E-state index contributed by atoms with van der Waals surface area (Å²) in [7, 11) is 1.92. The van der Waals surface area contributed by atoms with Crippen LogP contribution in [0.25, 0.3) is 11.0 Å². The zero-order chi connectivity index (χ0) is 26.0. The average Bonchev–Trinajstić information content (AvgIpc) is 3.50. The van der Waals surface area contributed by atoms with Crippen molar-refractivity contribution in [2.45, 2.75) is 69.0 Å². The minimum Gasteiger partial charge on any atom is -0.490 e. The summed E-state index contributed by atoms with van der Waals surface area (Å²) in [6.07, 6.45) is 1.54. The highest BCUT2D eigenvalue weighted by atomic mass is 19.4. The molecule has 37 heavy (non-hydrogen) atoms. The highest BCUT2D eigenvalue weighted by Gasteiger charge is 2.38. The van der Waals surface area contributed by atoms with Gasteiger partial charge in [0.1, 0.15) is 11.3 Å². The number of hydrogen-bond donors (Lipinski definition) is 3. The van der Waals surface area contributed by atoms with E-state index < -0.39 is 18.8 Å². The molecular weight excluding hydrogens is 489 g/mol. The van der Waals surface area contributed by atoms with E-state index in [1.807, 2.05) is 40.7 Å². The number of aliphatic hydroxyl groups is 1. The van der Waals surface area contributed by atoms with Crippen molar-refractivity contribution < 1.29 is 27.8 Å². The smallest absolute Gasteiger partial charge is 0.415 e. The lowest BCUT2D eigenvalue weighted by Gasteiger charge is -2.30. The number of halogens is 3. The zero-order valence-corrected chi connectivity index (χ0v) is 20.7. The SMILES string of the molecule is Cn1cnc2c(Nc3ccn([C@@H]4CCCOC4)n3)cc(OC3CCC(NCC(O)C(F)(F)F)CC3)cc21. The van der Waals surface area contributed by atoms with Crippen molar-refractivity contribution in [3.8, 4) is 5.75 Å². The molecule has 1 saturated carbocycles. The molecule has 0 radical (unpaired) electrons. The number of aryl methyl sites for hydroxylation is 1. The standard InChI is InChI=1S/C25H33F3N6O3/c1-33-15-30-24-20(31-23-8-9-34(32-23)17-3-2-10-36-14-17)11-19(12-21(24)33)37-18-6-4-16(5-7-18)29-13-22(35)25(26,27)28/h8-9,11-12,15-18,22,29,35H,2-7,10,13-14H2,1H3,(H,31,32)/t16?,17-,18?,22?/m1/s1. The number of nitrogens with zero attached hydrogens (tertiary/aromatic N) is 4. The first-order chi connectivity index (χ1) is 17.8. The van der Waals surface area contributed by atoms with Crippen molar-refractivity contribution in [3.63, 3.8) is 0 Å². The quantitative estimate of drug-likeness (QED) is 0.410. The van der Waals surface area contributed by atoms with Gasteiger partial charge in [0.25, 0.3) is 0 Å². The third kappa shape index (κ3) is 6.19. The summed E-state index contributed by atoms with van der Waals surface area (Å²) >= 11 is 0. The third-order valence-corrected chi connectivity index (χ3v) is 7.14. The van der Waals surface area contributed by atoms with E-state index in [2.05, 4.69) is 15.6 Å². The summed E-state index contributed by atoms with van der Waals surface area (Å²) in [5, 5.41) is 20.1. The second-order valence-electron chi connectivity index (χ2n) is 9.93. The lowest BCUT2D eigenvalue weighted by Crippen LogP contribution is -2.44. The normalized spacial score (nSPS) is 23.8. The number of rotatable bonds is 8. The number of nitrogens with one attached hydrogen (secondary N) is 2. The molecule has 2 aromatic heterocycles. The molecule has 2 aliphatic rings. The van der Waals surface area contributed by atoms with Gasteiger partial charge in [0.2, 0.25) is 0 Å². The van der Waals surface area contributed by atoms with E-state index in [1.165, 1.54) is 0 Å². The first-order valence-corrected chi connectivity index (χ1v) is 12.8. The first-order valence-electron chi connectivity index (χ1n) is 12.8. The van der Waals surface area contributed by atoms with Gasteiger partial charge < -0.3 is 29.8 Å². The number of fused-ring (bicyclic) bond motifs is 1. The van der Waals surface area contributed by atoms with Gasteiger partial charge in [0, 0.05) is 50.6 Å². The van der Waals surface area contributed by atoms with Crippen LogP contribution in [-0.2, 0) is 11.8 Å². The predicted molar refractivity (Wildman–Crippen MR) is 132 cm³/mol. The zero-order valence-electron chi connectivity index (χ0n) is 20.7. The van der Waals surface area contributed by atoms with Crippen molar-refractivity contribution in [2.75, 3.05) is 25.1 Å². The molecule has 12 heteroatoms. The summed E-state index contributed by atoms with van der Waals surface area (Å²) < 4.78 is 53.4. The molecule has 202 valence electrons. The van der Waals surface area contributed by atoms with Gasteiger partial charge in [-0.1, -0.05) is 0 Å². The molecule has 3 heterocycles. The second-order valence-corrected chi connectivity index (χ2v) is 9.93. The highest BCUT2D eigenvalue weighted by Crippen LogP contribution is 2.33. The molecule has 0 bridgehead atoms. The summed E-state index contributed by atoms with van der Waals surface area (Å²) in [5.41, 5.74) is 2.51. The summed E-state index contributed by atoms with van der Waals surface area (Å²) in [6, 6.07) is 5.96. The molecule has 0 amide bonds. The molecule has 2 fully saturated rings. The Balaban J connectivity index is 1.23. The van der Waals surface area contributed by atoms with Crippen LogP contribution >= 0.6 is 0 Å². The maximum absolute atomic E-state index is 12.5. The number of ether oxygens (including phenoxy) is 2. The molecule has 1 aromatic carbocycles. The molecule has 3 N–H and O–H groups in total. The Morgan fingerprint density at radius 2 is 2.03 bits per heavy atom. The molecule has 1 aliphatic carbocycles. The van der Waals surface area contributed by atoms with Crippen LogP contribution in [0.2, 0.25) is 0 Å². The van der Waals surface area contributed by atoms with Crippen LogP contribution in [0.1, 0.15) is 44.6 Å². The average molecular weight is 523 g/mol. The number of benzene rings is 1. The van der Waals surface area contributed by atoms with E-state index in [9.17, 15) is 18.3 Å². The number of alkyl halides is 3. The van der Waals surface area contributed by atoms with Gasteiger partial charge in [-0.05, 0) is 38.5 Å². The molecule has 5 rings (SSSR count). The third-order valence-electron chi connectivity index (χ3n) is 7.14. The van der Waals surface area contributed by atoms with E-state index in [1.54, 1.807) is 6.33 Å². The van der Waals surface area contributed by atoms with E-state index in [0.29, 0.717) is 43.9 Å². The number of imidazole rings is 1. The molecular formula is C25H33F3N6O3. The summed E-state index contributed by atoms with van der Waals surface area (Å²) in [4.78, 5) is 4.54. The lowest BCUT2D eigenvalue weighted by molar-refractivity contribution is -0.202. The largest absolute Gasteiger partial charge is 0.490 e. The fourth-order valence-electron chi connectivity index (χ4n) is 5.02. The van der Waals surface area contributed by atoms with Crippen LogP contribution in [-0.4, -0.2) is 68.6 Å². The Kier molecular flexibility index (Phi) is 7.59. The molecule has 2 atom stereocenters. The van der Waals surface area contributed by atoms with Gasteiger partial charge in [0.05, 0.1) is 36.3 Å². The van der Waals surface area contributed by atoms with Crippen LogP contribution < -0.4 is 15.4 Å². The lowest BCUT2D eigenvalue weighted by atomic mass is 9.93. The maximum Gasteiger partial charge on any atom is 0.415 e. The molecule has 1 unspecified atom stereocenters. The molecule has 9 nitrogen and oxygen atoms in total. The van der Waals surface area contributed by atoms with Crippen LogP contribution in [0.15, 0.2) is 30.7 Å². The Morgan fingerprint density at radius 1 is 1.22 bits per heavy atom. The summed E-state index contributed by atoms with van der Waals surface area (Å²) in [5.74, 6) is 1.41. The molecule has 1 aliphatic heterocycles. The van der Waals surface area contributed by atoms with Gasteiger partial charge in [0.15, 0.2) is 11.9 Å². The molecule has 1 saturated heterocycles. The topological polar surface area (TPSA) is 98.4 Å². The number of aromatic nitrogens is 4. The second kappa shape index (κ2) is 10.9. The number of hydrogen-bond acceptors (Lipinski definition) is 7. The van der Waals surface area contributed by atoms with Crippen molar-refractivity contribution >= 4 is 22.5 Å². The van der Waals surface area contributed by atoms with Crippen molar-refractivity contribution in [2.24, 2.45) is 7.05 Å². The van der Waals surface area contributed by atoms with Crippen LogP contribution in [0.3, 0.4) is 0 Å². The number of anilines is 2. The minimum absolute atomic E-state index is 0.0466. The molecule has 0 spiro atoms.